The van der Waals surface area contributed by atoms with Crippen molar-refractivity contribution in [2.75, 3.05) is 0 Å². The molecule has 0 aromatic heterocycles. The van der Waals surface area contributed by atoms with E-state index in [1.807, 2.05) is 0 Å². The molecule has 70 valence electrons. The molecule has 0 aliphatic carbocycles. The average Bonchev–Trinajstić information content (AvgIpc) is 2.08. The van der Waals surface area contributed by atoms with Crippen LogP contribution in [0.4, 0.5) is 8.78 Å². The molecule has 1 rings (SSSR count). The number of carboxylic acids is 1. The number of hydrogen-bond acceptors (Lipinski definition) is 2. The summed E-state index contributed by atoms with van der Waals surface area (Å²) in [6.45, 7) is 0. The summed E-state index contributed by atoms with van der Waals surface area (Å²) in [5.74, 6) is -1.97. The highest BCUT2D eigenvalue weighted by molar-refractivity contribution is 8.00. The highest BCUT2D eigenvalue weighted by Crippen LogP contribution is 2.24. The van der Waals surface area contributed by atoms with Crippen molar-refractivity contribution >= 4 is 17.7 Å². The molecule has 5 heteroatoms. The Morgan fingerprint density at radius 3 is 2.38 bits per heavy atom. The maximum absolute atomic E-state index is 12.6. The number of halogens is 2. The van der Waals surface area contributed by atoms with Crippen LogP contribution in [0, 0.1) is 5.82 Å². The SMILES string of the molecule is O=C(O)C(F)Sc1ccc(F)cc1. The lowest BCUT2D eigenvalue weighted by Gasteiger charge is -2.01. The van der Waals surface area contributed by atoms with Gasteiger partial charge in [-0.15, -0.1) is 0 Å². The minimum atomic E-state index is -2.01. The summed E-state index contributed by atoms with van der Waals surface area (Å²) in [5, 5.41) is 8.23. The average molecular weight is 204 g/mol. The molecule has 0 aliphatic heterocycles. The van der Waals surface area contributed by atoms with Gasteiger partial charge in [0.15, 0.2) is 0 Å². The Balaban J connectivity index is 2.64. The molecular weight excluding hydrogens is 198 g/mol. The number of thioether (sulfide) groups is 1. The molecule has 0 saturated heterocycles. The Hall–Kier alpha value is -1.10. The van der Waals surface area contributed by atoms with Crippen molar-refractivity contribution < 1.29 is 18.7 Å². The number of benzene rings is 1. The topological polar surface area (TPSA) is 37.3 Å². The third kappa shape index (κ3) is 3.02. The second-order valence-electron chi connectivity index (χ2n) is 2.23. The summed E-state index contributed by atoms with van der Waals surface area (Å²) >= 11 is 0.527. The number of carbonyl (C=O) groups is 1. The van der Waals surface area contributed by atoms with Gasteiger partial charge >= 0.3 is 5.97 Å². The molecule has 0 fully saturated rings. The van der Waals surface area contributed by atoms with E-state index in [-0.39, 0.29) is 0 Å². The maximum atomic E-state index is 12.6. The number of aliphatic carboxylic acids is 1. The Bertz CT molecular complexity index is 300. The van der Waals surface area contributed by atoms with Gasteiger partial charge < -0.3 is 5.11 Å². The first kappa shape index (κ1) is 9.98. The van der Waals surface area contributed by atoms with Crippen LogP contribution in [0.1, 0.15) is 0 Å². The third-order valence-electron chi connectivity index (χ3n) is 1.25. The van der Waals surface area contributed by atoms with E-state index in [9.17, 15) is 13.6 Å². The first-order valence-corrected chi connectivity index (χ1v) is 4.26. The minimum absolute atomic E-state index is 0.385. The lowest BCUT2D eigenvalue weighted by molar-refractivity contribution is -0.139. The molecule has 0 radical (unpaired) electrons. The van der Waals surface area contributed by atoms with Gasteiger partial charge in [-0.05, 0) is 24.3 Å². The van der Waals surface area contributed by atoms with Crippen LogP contribution in [0.15, 0.2) is 29.2 Å². The smallest absolute Gasteiger partial charge is 0.349 e. The van der Waals surface area contributed by atoms with Crippen LogP contribution in [0.25, 0.3) is 0 Å². The molecule has 0 aliphatic rings. The van der Waals surface area contributed by atoms with Crippen molar-refractivity contribution in [3.05, 3.63) is 30.1 Å². The van der Waals surface area contributed by atoms with E-state index < -0.39 is 17.3 Å². The van der Waals surface area contributed by atoms with Crippen molar-refractivity contribution in [1.82, 2.24) is 0 Å². The number of alkyl halides is 1. The first-order chi connectivity index (χ1) is 6.09. The summed E-state index contributed by atoms with van der Waals surface area (Å²) in [6, 6.07) is 4.96. The van der Waals surface area contributed by atoms with Gasteiger partial charge in [0.2, 0.25) is 5.50 Å². The van der Waals surface area contributed by atoms with Gasteiger partial charge in [0.25, 0.3) is 0 Å². The van der Waals surface area contributed by atoms with E-state index in [0.717, 1.165) is 12.1 Å². The zero-order valence-corrected chi connectivity index (χ0v) is 7.22. The summed E-state index contributed by atoms with van der Waals surface area (Å²) in [7, 11) is 0. The molecule has 1 atom stereocenters. The van der Waals surface area contributed by atoms with Crippen molar-refractivity contribution in [1.29, 1.82) is 0 Å². The molecule has 2 nitrogen and oxygen atoms in total. The zero-order valence-electron chi connectivity index (χ0n) is 6.41. The third-order valence-corrected chi connectivity index (χ3v) is 2.20. The van der Waals surface area contributed by atoms with Crippen molar-refractivity contribution in [2.45, 2.75) is 10.4 Å². The monoisotopic (exact) mass is 204 g/mol. The Kier molecular flexibility index (Phi) is 3.25. The Morgan fingerprint density at radius 2 is 1.92 bits per heavy atom. The molecule has 13 heavy (non-hydrogen) atoms. The zero-order chi connectivity index (χ0) is 9.84. The molecule has 1 aromatic carbocycles. The number of rotatable bonds is 3. The normalized spacial score (nSPS) is 12.5. The van der Waals surface area contributed by atoms with Crippen LogP contribution in [0.3, 0.4) is 0 Å². The molecule has 1 unspecified atom stereocenters. The van der Waals surface area contributed by atoms with Gasteiger partial charge in [-0.2, -0.15) is 0 Å². The highest BCUT2D eigenvalue weighted by atomic mass is 32.2. The van der Waals surface area contributed by atoms with Crippen LogP contribution in [0.2, 0.25) is 0 Å². The Morgan fingerprint density at radius 1 is 1.38 bits per heavy atom. The van der Waals surface area contributed by atoms with Crippen LogP contribution < -0.4 is 0 Å². The molecule has 0 spiro atoms. The van der Waals surface area contributed by atoms with Crippen LogP contribution >= 0.6 is 11.8 Å². The second kappa shape index (κ2) is 4.23. The van der Waals surface area contributed by atoms with Crippen LogP contribution in [-0.4, -0.2) is 16.6 Å². The summed E-state index contributed by atoms with van der Waals surface area (Å²) < 4.78 is 24.9. The summed E-state index contributed by atoms with van der Waals surface area (Å²) in [4.78, 5) is 10.5. The Labute approximate surface area is 77.6 Å². The van der Waals surface area contributed by atoms with Gasteiger partial charge in [0.1, 0.15) is 5.82 Å². The van der Waals surface area contributed by atoms with Crippen molar-refractivity contribution in [3.8, 4) is 0 Å². The fourth-order valence-electron chi connectivity index (χ4n) is 0.683. The molecule has 1 N–H and O–H groups in total. The predicted molar refractivity (Wildman–Crippen MR) is 44.8 cm³/mol. The maximum Gasteiger partial charge on any atom is 0.349 e. The predicted octanol–water partition coefficient (Wildman–Crippen LogP) is 2.30. The number of carboxylic acid groups (broad SMARTS) is 1. The van der Waals surface area contributed by atoms with Crippen LogP contribution in [-0.2, 0) is 4.79 Å². The molecule has 0 saturated carbocycles. The van der Waals surface area contributed by atoms with Crippen molar-refractivity contribution in [2.24, 2.45) is 0 Å². The standard InChI is InChI=1S/C8H6F2O2S/c9-5-1-3-6(4-2-5)13-7(10)8(11)12/h1-4,7H,(H,11,12). The second-order valence-corrected chi connectivity index (χ2v) is 3.35. The lowest BCUT2D eigenvalue weighted by atomic mass is 10.4. The van der Waals surface area contributed by atoms with E-state index in [4.69, 9.17) is 5.11 Å². The van der Waals surface area contributed by atoms with E-state index in [1.165, 1.54) is 12.1 Å². The molecule has 1 aromatic rings. The highest BCUT2D eigenvalue weighted by Gasteiger charge is 2.16. The van der Waals surface area contributed by atoms with Gasteiger partial charge in [0.05, 0.1) is 0 Å². The molecular formula is C8H6F2O2S. The lowest BCUT2D eigenvalue weighted by Crippen LogP contribution is -2.09. The van der Waals surface area contributed by atoms with Gasteiger partial charge in [-0.25, -0.2) is 13.6 Å². The number of hydrogen-bond donors (Lipinski definition) is 1. The molecule has 0 amide bonds. The van der Waals surface area contributed by atoms with E-state index in [1.54, 1.807) is 0 Å². The van der Waals surface area contributed by atoms with Gasteiger partial charge in [-0.3, -0.25) is 0 Å². The van der Waals surface area contributed by atoms with Gasteiger partial charge in [-0.1, -0.05) is 11.8 Å². The quantitative estimate of drug-likeness (QED) is 0.767. The van der Waals surface area contributed by atoms with Gasteiger partial charge in [0, 0.05) is 4.90 Å². The van der Waals surface area contributed by atoms with Crippen LogP contribution in [0.5, 0.6) is 0 Å². The summed E-state index contributed by atoms with van der Waals surface area (Å²) in [6.07, 6.45) is 0. The fourth-order valence-corrected chi connectivity index (χ4v) is 1.32. The van der Waals surface area contributed by atoms with Crippen molar-refractivity contribution in [3.63, 3.8) is 0 Å². The largest absolute Gasteiger partial charge is 0.478 e. The van der Waals surface area contributed by atoms with E-state index in [0.29, 0.717) is 16.7 Å². The first-order valence-electron chi connectivity index (χ1n) is 3.38. The molecule has 0 heterocycles. The fraction of sp³-hybridized carbons (Fsp3) is 0.125. The molecule has 0 bridgehead atoms. The minimum Gasteiger partial charge on any atom is -0.478 e. The summed E-state index contributed by atoms with van der Waals surface area (Å²) in [5.41, 5.74) is -2.01. The van der Waals surface area contributed by atoms with E-state index >= 15 is 0 Å². The van der Waals surface area contributed by atoms with E-state index in [2.05, 4.69) is 0 Å².